The maximum absolute atomic E-state index is 12.0. The lowest BCUT2D eigenvalue weighted by atomic mass is 10.3. The van der Waals surface area contributed by atoms with Crippen molar-refractivity contribution in [2.75, 3.05) is 7.11 Å². The summed E-state index contributed by atoms with van der Waals surface area (Å²) >= 11 is 5.83. The van der Waals surface area contributed by atoms with Crippen LogP contribution in [0.25, 0.3) is 0 Å². The minimum atomic E-state index is -4.05. The van der Waals surface area contributed by atoms with Gasteiger partial charge < -0.3 is 13.5 Å². The van der Waals surface area contributed by atoms with Gasteiger partial charge in [0.25, 0.3) is 0 Å². The number of imidazole rings is 1. The average Bonchev–Trinajstić information content (AvgIpc) is 2.71. The van der Waals surface area contributed by atoms with Crippen LogP contribution in [0, 0.1) is 0 Å². The van der Waals surface area contributed by atoms with E-state index >= 15 is 0 Å². The highest BCUT2D eigenvalue weighted by molar-refractivity contribution is 7.87. The van der Waals surface area contributed by atoms with E-state index in [0.29, 0.717) is 5.75 Å². The molecule has 0 fully saturated rings. The van der Waals surface area contributed by atoms with E-state index in [0.717, 1.165) is 0 Å². The SMILES string of the molecule is COc1ccc(OS(=O)(=O)c2ncn(C)c2Cl)cc1. The smallest absolute Gasteiger partial charge is 0.360 e. The first-order chi connectivity index (χ1) is 8.94. The fourth-order valence-corrected chi connectivity index (χ4v) is 2.70. The van der Waals surface area contributed by atoms with Crippen LogP contribution in [-0.4, -0.2) is 25.1 Å². The average molecular weight is 303 g/mol. The van der Waals surface area contributed by atoms with Gasteiger partial charge in [-0.05, 0) is 24.3 Å². The molecule has 0 aliphatic carbocycles. The van der Waals surface area contributed by atoms with E-state index in [4.69, 9.17) is 20.5 Å². The lowest BCUT2D eigenvalue weighted by Gasteiger charge is -2.06. The number of benzene rings is 1. The minimum absolute atomic E-state index is 0.00601. The van der Waals surface area contributed by atoms with E-state index in [1.165, 1.54) is 30.1 Å². The molecule has 1 aromatic heterocycles. The quantitative estimate of drug-likeness (QED) is 0.806. The van der Waals surface area contributed by atoms with Crippen LogP contribution in [0.2, 0.25) is 5.15 Å². The van der Waals surface area contributed by atoms with Gasteiger partial charge in [0.05, 0.1) is 13.4 Å². The van der Waals surface area contributed by atoms with E-state index < -0.39 is 10.1 Å². The molecule has 2 rings (SSSR count). The van der Waals surface area contributed by atoms with Crippen LogP contribution in [0.4, 0.5) is 0 Å². The first kappa shape index (κ1) is 13.7. The van der Waals surface area contributed by atoms with Crippen LogP contribution in [-0.2, 0) is 17.2 Å². The largest absolute Gasteiger partial charge is 0.497 e. The van der Waals surface area contributed by atoms with Crippen molar-refractivity contribution in [3.8, 4) is 11.5 Å². The highest BCUT2D eigenvalue weighted by atomic mass is 35.5. The maximum atomic E-state index is 12.0. The molecule has 19 heavy (non-hydrogen) atoms. The molecule has 0 atom stereocenters. The summed E-state index contributed by atoms with van der Waals surface area (Å²) in [6.07, 6.45) is 1.30. The Morgan fingerprint density at radius 3 is 2.26 bits per heavy atom. The monoisotopic (exact) mass is 302 g/mol. The van der Waals surface area contributed by atoms with Gasteiger partial charge in [-0.15, -0.1) is 0 Å². The number of ether oxygens (including phenoxy) is 1. The molecule has 8 heteroatoms. The fraction of sp³-hybridized carbons (Fsp3) is 0.182. The Morgan fingerprint density at radius 1 is 1.21 bits per heavy atom. The predicted molar refractivity (Wildman–Crippen MR) is 69.0 cm³/mol. The summed E-state index contributed by atoms with van der Waals surface area (Å²) in [4.78, 5) is 3.71. The fourth-order valence-electron chi connectivity index (χ4n) is 1.36. The summed E-state index contributed by atoms with van der Waals surface area (Å²) < 4.78 is 35.2. The van der Waals surface area contributed by atoms with Gasteiger partial charge in [-0.2, -0.15) is 8.42 Å². The molecule has 1 heterocycles. The van der Waals surface area contributed by atoms with Crippen molar-refractivity contribution in [3.63, 3.8) is 0 Å². The van der Waals surface area contributed by atoms with Gasteiger partial charge in [0.2, 0.25) is 5.03 Å². The molecule has 0 bridgehead atoms. The van der Waals surface area contributed by atoms with Crippen LogP contribution in [0.15, 0.2) is 35.6 Å². The van der Waals surface area contributed by atoms with Crippen LogP contribution in [0.3, 0.4) is 0 Å². The van der Waals surface area contributed by atoms with Crippen molar-refractivity contribution in [3.05, 3.63) is 35.7 Å². The van der Waals surface area contributed by atoms with E-state index in [9.17, 15) is 8.42 Å². The molecule has 0 radical (unpaired) electrons. The van der Waals surface area contributed by atoms with E-state index in [2.05, 4.69) is 4.98 Å². The molecule has 102 valence electrons. The molecule has 1 aromatic carbocycles. The number of rotatable bonds is 4. The van der Waals surface area contributed by atoms with Gasteiger partial charge in [-0.1, -0.05) is 11.6 Å². The third kappa shape index (κ3) is 2.82. The summed E-state index contributed by atoms with van der Waals surface area (Å²) in [6, 6.07) is 6.14. The van der Waals surface area contributed by atoms with E-state index in [-0.39, 0.29) is 15.9 Å². The van der Waals surface area contributed by atoms with Crippen LogP contribution >= 0.6 is 11.6 Å². The standard InChI is InChI=1S/C11H11ClN2O4S/c1-14-7-13-11(10(14)12)19(15,16)18-9-5-3-8(17-2)4-6-9/h3-7H,1-2H3. The van der Waals surface area contributed by atoms with Crippen LogP contribution < -0.4 is 8.92 Å². The summed E-state index contributed by atoms with van der Waals surface area (Å²) in [7, 11) is -0.948. The van der Waals surface area contributed by atoms with E-state index in [1.807, 2.05) is 0 Å². The maximum Gasteiger partial charge on any atom is 0.360 e. The summed E-state index contributed by atoms with van der Waals surface area (Å²) in [6.45, 7) is 0. The molecule has 2 aromatic rings. The number of aryl methyl sites for hydroxylation is 1. The van der Waals surface area contributed by atoms with Crippen molar-refractivity contribution < 1.29 is 17.3 Å². The zero-order chi connectivity index (χ0) is 14.0. The van der Waals surface area contributed by atoms with Crippen molar-refractivity contribution in [2.45, 2.75) is 5.03 Å². The van der Waals surface area contributed by atoms with Gasteiger partial charge in [0.1, 0.15) is 11.5 Å². The van der Waals surface area contributed by atoms with Crippen molar-refractivity contribution in [1.29, 1.82) is 0 Å². The molecule has 0 aliphatic heterocycles. The number of methoxy groups -OCH3 is 1. The highest BCUT2D eigenvalue weighted by Crippen LogP contribution is 2.24. The number of nitrogens with zero attached hydrogens (tertiary/aromatic N) is 2. The first-order valence-electron chi connectivity index (χ1n) is 5.19. The summed E-state index contributed by atoms with van der Waals surface area (Å²) in [5, 5.41) is -0.319. The summed E-state index contributed by atoms with van der Waals surface area (Å²) in [5.74, 6) is 0.753. The van der Waals surface area contributed by atoms with Crippen molar-refractivity contribution in [1.82, 2.24) is 9.55 Å². The zero-order valence-corrected chi connectivity index (χ0v) is 11.8. The molecule has 0 aliphatic rings. The number of halogens is 1. The van der Waals surface area contributed by atoms with Crippen LogP contribution in [0.5, 0.6) is 11.5 Å². The molecule has 0 saturated carbocycles. The number of hydrogen-bond donors (Lipinski definition) is 0. The number of aromatic nitrogens is 2. The molecule has 0 spiro atoms. The number of hydrogen-bond acceptors (Lipinski definition) is 5. The molecule has 0 amide bonds. The Morgan fingerprint density at radius 2 is 1.79 bits per heavy atom. The second kappa shape index (κ2) is 5.10. The van der Waals surface area contributed by atoms with Crippen molar-refractivity contribution in [2.24, 2.45) is 7.05 Å². The molecular formula is C11H11ClN2O4S. The lowest BCUT2D eigenvalue weighted by molar-refractivity contribution is 0.413. The van der Waals surface area contributed by atoms with Gasteiger partial charge in [0.15, 0.2) is 5.15 Å². The molecule has 0 N–H and O–H groups in total. The second-order valence-corrected chi connectivity index (χ2v) is 5.48. The minimum Gasteiger partial charge on any atom is -0.497 e. The Hall–Kier alpha value is -1.73. The molecule has 6 nitrogen and oxygen atoms in total. The molecule has 0 unspecified atom stereocenters. The van der Waals surface area contributed by atoms with Gasteiger partial charge in [-0.25, -0.2) is 4.98 Å². The topological polar surface area (TPSA) is 70.4 Å². The molecule has 0 saturated heterocycles. The third-order valence-electron chi connectivity index (χ3n) is 2.34. The van der Waals surface area contributed by atoms with Gasteiger partial charge in [0, 0.05) is 7.05 Å². The van der Waals surface area contributed by atoms with Crippen LogP contribution in [0.1, 0.15) is 0 Å². The molecular weight excluding hydrogens is 292 g/mol. The third-order valence-corrected chi connectivity index (χ3v) is 4.08. The predicted octanol–water partition coefficient (Wildman–Crippen LogP) is 1.85. The van der Waals surface area contributed by atoms with Crippen molar-refractivity contribution >= 4 is 21.7 Å². The highest BCUT2D eigenvalue weighted by Gasteiger charge is 2.24. The first-order valence-corrected chi connectivity index (χ1v) is 6.98. The Labute approximate surface area is 115 Å². The second-order valence-electron chi connectivity index (χ2n) is 3.66. The summed E-state index contributed by atoms with van der Waals surface area (Å²) in [5.41, 5.74) is 0. The zero-order valence-electron chi connectivity index (χ0n) is 10.2. The van der Waals surface area contributed by atoms with Gasteiger partial charge in [-0.3, -0.25) is 0 Å². The Bertz CT molecular complexity index is 679. The van der Waals surface area contributed by atoms with E-state index in [1.54, 1.807) is 19.2 Å². The van der Waals surface area contributed by atoms with Gasteiger partial charge >= 0.3 is 10.1 Å². The Balaban J connectivity index is 2.28. The normalized spacial score (nSPS) is 11.3. The Kier molecular flexibility index (Phi) is 3.68. The lowest BCUT2D eigenvalue weighted by Crippen LogP contribution is -2.11.